The Morgan fingerprint density at radius 3 is 2.41 bits per heavy atom. The Bertz CT molecular complexity index is 695. The van der Waals surface area contributed by atoms with Crippen molar-refractivity contribution in [3.8, 4) is 11.1 Å². The van der Waals surface area contributed by atoms with Gasteiger partial charge in [-0.1, -0.05) is 29.8 Å². The van der Waals surface area contributed by atoms with Crippen molar-refractivity contribution in [2.45, 2.75) is 26.5 Å². The second-order valence-electron chi connectivity index (χ2n) is 5.70. The molecule has 0 fully saturated rings. The van der Waals surface area contributed by atoms with E-state index in [0.29, 0.717) is 6.61 Å². The third-order valence-electron chi connectivity index (χ3n) is 3.78. The van der Waals surface area contributed by atoms with Gasteiger partial charge in [0.25, 0.3) is 5.91 Å². The molecule has 0 aromatic heterocycles. The van der Waals surface area contributed by atoms with Crippen molar-refractivity contribution in [1.82, 2.24) is 0 Å². The van der Waals surface area contributed by atoms with Gasteiger partial charge in [-0.2, -0.15) is 0 Å². The van der Waals surface area contributed by atoms with E-state index >= 15 is 0 Å². The molecule has 1 amide bonds. The molecule has 0 aliphatic carbocycles. The van der Waals surface area contributed by atoms with Gasteiger partial charge in [0, 0.05) is 22.3 Å². The predicted octanol–water partition coefficient (Wildman–Crippen LogP) is 4.28. The molecule has 0 bridgehead atoms. The van der Waals surface area contributed by atoms with Crippen LogP contribution in [0.5, 0.6) is 0 Å². The average Bonchev–Trinajstić information content (AvgIpc) is 2.65. The number of carbonyl (C=O) groups excluding carboxylic acids is 1. The van der Waals surface area contributed by atoms with Crippen LogP contribution in [0.25, 0.3) is 11.1 Å². The lowest BCUT2D eigenvalue weighted by Gasteiger charge is -2.26. The van der Waals surface area contributed by atoms with Gasteiger partial charge in [-0.25, -0.2) is 0 Å². The zero-order valence-electron chi connectivity index (χ0n) is 12.7. The van der Waals surface area contributed by atoms with Crippen molar-refractivity contribution in [3.63, 3.8) is 0 Å². The summed E-state index contributed by atoms with van der Waals surface area (Å²) in [4.78, 5) is 14.0. The summed E-state index contributed by atoms with van der Waals surface area (Å²) < 4.78 is 5.51. The van der Waals surface area contributed by atoms with E-state index in [2.05, 4.69) is 6.07 Å². The maximum absolute atomic E-state index is 12.2. The summed E-state index contributed by atoms with van der Waals surface area (Å²) in [5, 5.41) is 0.721. The Morgan fingerprint density at radius 2 is 1.73 bits per heavy atom. The lowest BCUT2D eigenvalue weighted by molar-refractivity contribution is -0.123. The van der Waals surface area contributed by atoms with Gasteiger partial charge < -0.3 is 9.64 Å². The fourth-order valence-corrected chi connectivity index (χ4v) is 2.90. The molecule has 1 aliphatic rings. The third-order valence-corrected chi connectivity index (χ3v) is 4.04. The van der Waals surface area contributed by atoms with E-state index in [-0.39, 0.29) is 18.6 Å². The summed E-state index contributed by atoms with van der Waals surface area (Å²) in [6.45, 7) is 4.61. The minimum absolute atomic E-state index is 0.00740. The molecule has 0 atom stereocenters. The molecule has 1 aliphatic heterocycles. The fourth-order valence-electron chi connectivity index (χ4n) is 2.78. The van der Waals surface area contributed by atoms with Crippen molar-refractivity contribution in [3.05, 3.63) is 53.1 Å². The monoisotopic (exact) mass is 315 g/mol. The van der Waals surface area contributed by atoms with Crippen LogP contribution in [0.15, 0.2) is 42.5 Å². The minimum atomic E-state index is 0.00740. The molecule has 114 valence electrons. The first-order valence-electron chi connectivity index (χ1n) is 7.35. The minimum Gasteiger partial charge on any atom is -0.367 e. The Labute approximate surface area is 135 Å². The van der Waals surface area contributed by atoms with Crippen LogP contribution in [0.2, 0.25) is 5.02 Å². The highest BCUT2D eigenvalue weighted by Gasteiger charge is 2.25. The zero-order valence-corrected chi connectivity index (χ0v) is 13.4. The average molecular weight is 316 g/mol. The highest BCUT2D eigenvalue weighted by Crippen LogP contribution is 2.31. The number of benzene rings is 2. The summed E-state index contributed by atoms with van der Waals surface area (Å²) in [5.41, 5.74) is 4.16. The first-order chi connectivity index (χ1) is 10.6. The Balaban J connectivity index is 2.04. The maximum Gasteiger partial charge on any atom is 0.253 e. The van der Waals surface area contributed by atoms with Gasteiger partial charge in [-0.3, -0.25) is 4.79 Å². The van der Waals surface area contributed by atoms with Crippen molar-refractivity contribution < 1.29 is 9.53 Å². The highest BCUT2D eigenvalue weighted by molar-refractivity contribution is 6.30. The third kappa shape index (κ3) is 2.87. The molecule has 1 heterocycles. The van der Waals surface area contributed by atoms with Crippen LogP contribution < -0.4 is 4.90 Å². The topological polar surface area (TPSA) is 29.5 Å². The molecule has 3 rings (SSSR count). The molecule has 4 heteroatoms. The Kier molecular flexibility index (Phi) is 4.19. The Morgan fingerprint density at radius 1 is 1.05 bits per heavy atom. The normalized spacial score (nSPS) is 14.9. The Hall–Kier alpha value is -1.84. The number of hydrogen-bond acceptors (Lipinski definition) is 2. The van der Waals surface area contributed by atoms with Gasteiger partial charge in [0.15, 0.2) is 0 Å². The summed E-state index contributed by atoms with van der Waals surface area (Å²) >= 11 is 5.94. The molecular weight excluding hydrogens is 298 g/mol. The number of rotatable bonds is 2. The second kappa shape index (κ2) is 6.11. The van der Waals surface area contributed by atoms with E-state index < -0.39 is 0 Å². The molecule has 22 heavy (non-hydrogen) atoms. The molecule has 0 saturated carbocycles. The molecule has 2 aromatic rings. The van der Waals surface area contributed by atoms with Crippen molar-refractivity contribution in [1.29, 1.82) is 0 Å². The van der Waals surface area contributed by atoms with Gasteiger partial charge >= 0.3 is 0 Å². The summed E-state index contributed by atoms with van der Waals surface area (Å²) in [7, 11) is 0. The van der Waals surface area contributed by atoms with Crippen LogP contribution in [-0.4, -0.2) is 18.6 Å². The van der Waals surface area contributed by atoms with Gasteiger partial charge in [-0.05, 0) is 49.2 Å². The van der Waals surface area contributed by atoms with Gasteiger partial charge in [-0.15, -0.1) is 0 Å². The predicted molar refractivity (Wildman–Crippen MR) is 89.2 cm³/mol. The van der Waals surface area contributed by atoms with E-state index in [4.69, 9.17) is 16.3 Å². The smallest absolute Gasteiger partial charge is 0.253 e. The first kappa shape index (κ1) is 15.1. The van der Waals surface area contributed by atoms with Crippen LogP contribution in [0.4, 0.5) is 5.69 Å². The van der Waals surface area contributed by atoms with E-state index in [9.17, 15) is 4.79 Å². The number of fused-ring (bicyclic) bond motifs is 1. The number of halogens is 1. The van der Waals surface area contributed by atoms with Crippen LogP contribution in [0.1, 0.15) is 19.4 Å². The van der Waals surface area contributed by atoms with E-state index in [1.165, 1.54) is 0 Å². The number of ether oxygens (including phenoxy) is 1. The second-order valence-corrected chi connectivity index (χ2v) is 6.14. The molecule has 3 nitrogen and oxygen atoms in total. The molecule has 0 radical (unpaired) electrons. The van der Waals surface area contributed by atoms with Crippen molar-refractivity contribution in [2.75, 3.05) is 11.5 Å². The van der Waals surface area contributed by atoms with Crippen molar-refractivity contribution in [2.24, 2.45) is 0 Å². The fraction of sp³-hybridized carbons (Fsp3) is 0.278. The first-order valence-corrected chi connectivity index (χ1v) is 7.73. The van der Waals surface area contributed by atoms with Crippen LogP contribution >= 0.6 is 11.6 Å². The zero-order chi connectivity index (χ0) is 15.7. The summed E-state index contributed by atoms with van der Waals surface area (Å²) in [6.07, 6.45) is 0. The van der Waals surface area contributed by atoms with Gasteiger partial charge in [0.2, 0.25) is 0 Å². The van der Waals surface area contributed by atoms with Crippen molar-refractivity contribution >= 4 is 23.2 Å². The van der Waals surface area contributed by atoms with Crippen LogP contribution in [-0.2, 0) is 16.1 Å². The lowest BCUT2D eigenvalue weighted by Crippen LogP contribution is -2.38. The highest BCUT2D eigenvalue weighted by atomic mass is 35.5. The molecule has 0 spiro atoms. The van der Waals surface area contributed by atoms with E-state index in [1.807, 2.05) is 55.1 Å². The summed E-state index contributed by atoms with van der Waals surface area (Å²) in [6, 6.07) is 14.0. The molecular formula is C18H18ClNO2. The van der Waals surface area contributed by atoms with Crippen LogP contribution in [0.3, 0.4) is 0 Å². The standard InChI is InChI=1S/C18H18ClNO2/c1-12(2)20-17-8-5-14(13-3-6-16(19)7-4-13)9-15(17)10-22-11-18(20)21/h3-9,12H,10-11H2,1-2H3. The molecule has 0 N–H and O–H groups in total. The van der Waals surface area contributed by atoms with Gasteiger partial charge in [0.1, 0.15) is 6.61 Å². The number of anilines is 1. The maximum atomic E-state index is 12.2. The van der Waals surface area contributed by atoms with E-state index in [0.717, 1.165) is 27.4 Å². The summed E-state index contributed by atoms with van der Waals surface area (Å²) in [5.74, 6) is 0.00740. The largest absolute Gasteiger partial charge is 0.367 e. The molecule has 0 unspecified atom stereocenters. The van der Waals surface area contributed by atoms with E-state index in [1.54, 1.807) is 0 Å². The number of nitrogens with zero attached hydrogens (tertiary/aromatic N) is 1. The quantitative estimate of drug-likeness (QED) is 0.828. The van der Waals surface area contributed by atoms with Gasteiger partial charge in [0.05, 0.1) is 6.61 Å². The molecule has 2 aromatic carbocycles. The lowest BCUT2D eigenvalue weighted by atomic mass is 10.0. The number of hydrogen-bond donors (Lipinski definition) is 0. The number of amides is 1. The molecule has 0 saturated heterocycles. The number of carbonyl (C=O) groups is 1. The van der Waals surface area contributed by atoms with Crippen LogP contribution in [0, 0.1) is 0 Å². The SMILES string of the molecule is CC(C)N1C(=O)COCc2cc(-c3ccc(Cl)cc3)ccc21.